The number of nitrogens with one attached hydrogen (secondary N) is 1. The molecule has 3 rings (SSSR count). The Morgan fingerprint density at radius 2 is 2.03 bits per heavy atom. The Labute approximate surface area is 181 Å². The number of benzene rings is 2. The minimum absolute atomic E-state index is 0.107. The first kappa shape index (κ1) is 21.7. The second kappa shape index (κ2) is 11.3. The lowest BCUT2D eigenvalue weighted by molar-refractivity contribution is -0.116. The average Bonchev–Trinajstić information content (AvgIpc) is 3.30. The maximum atomic E-state index is 12.2. The van der Waals surface area contributed by atoms with Gasteiger partial charge < -0.3 is 19.5 Å². The van der Waals surface area contributed by atoms with E-state index >= 15 is 0 Å². The van der Waals surface area contributed by atoms with Gasteiger partial charge in [0.2, 0.25) is 5.91 Å². The van der Waals surface area contributed by atoms with E-state index in [9.17, 15) is 4.79 Å². The van der Waals surface area contributed by atoms with Gasteiger partial charge in [0.15, 0.2) is 11.5 Å². The minimum Gasteiger partial charge on any atom is -0.493 e. The highest BCUT2D eigenvalue weighted by Gasteiger charge is 2.07. The molecule has 0 aliphatic heterocycles. The predicted octanol–water partition coefficient (Wildman–Crippen LogP) is 3.64. The van der Waals surface area contributed by atoms with Gasteiger partial charge in [0.1, 0.15) is 12.4 Å². The molecule has 1 N–H and O–H groups in total. The Morgan fingerprint density at radius 3 is 2.81 bits per heavy atom. The van der Waals surface area contributed by atoms with E-state index in [-0.39, 0.29) is 5.91 Å². The summed E-state index contributed by atoms with van der Waals surface area (Å²) in [7, 11) is 1.52. The molecule has 0 radical (unpaired) electrons. The number of anilines is 1. The van der Waals surface area contributed by atoms with Crippen LogP contribution < -0.4 is 19.5 Å². The monoisotopic (exact) mass is 420 g/mol. The van der Waals surface area contributed by atoms with Crippen LogP contribution >= 0.6 is 0 Å². The normalized spacial score (nSPS) is 10.2. The number of nitrogens with zero attached hydrogens (tertiary/aromatic N) is 3. The highest BCUT2D eigenvalue weighted by atomic mass is 16.5. The Balaban J connectivity index is 1.40. The molecule has 0 saturated carbocycles. The Kier molecular flexibility index (Phi) is 7.89. The molecular formula is C23H24N4O4. The summed E-state index contributed by atoms with van der Waals surface area (Å²) in [5, 5.41) is 15.9. The summed E-state index contributed by atoms with van der Waals surface area (Å²) in [6.07, 6.45) is 4.45. The molecular weight excluding hydrogens is 396 g/mol. The lowest BCUT2D eigenvalue weighted by Crippen LogP contribution is -2.13. The van der Waals surface area contributed by atoms with Crippen molar-refractivity contribution in [2.45, 2.75) is 19.4 Å². The number of carbonyl (C=O) groups is 1. The standard InChI is InChI=1S/C23H24N4O4/c1-29-22-15-18(17-24)8-9-21(22)31-13-3-7-23(28)26-19-5-2-6-20(16-19)30-14-12-27-11-4-10-25-27/h2,4-6,8-11,15-16H,3,7,12-14H2,1H3,(H,26,28). The molecule has 0 fully saturated rings. The average molecular weight is 420 g/mol. The first-order valence-corrected chi connectivity index (χ1v) is 9.89. The second-order valence-electron chi connectivity index (χ2n) is 6.62. The van der Waals surface area contributed by atoms with Crippen molar-refractivity contribution < 1.29 is 19.0 Å². The molecule has 1 heterocycles. The molecule has 8 nitrogen and oxygen atoms in total. The number of rotatable bonds is 11. The van der Waals surface area contributed by atoms with Crippen LogP contribution in [0.5, 0.6) is 17.2 Å². The van der Waals surface area contributed by atoms with Gasteiger partial charge in [0.05, 0.1) is 31.9 Å². The van der Waals surface area contributed by atoms with Gasteiger partial charge in [-0.25, -0.2) is 0 Å². The van der Waals surface area contributed by atoms with Crippen molar-refractivity contribution in [3.63, 3.8) is 0 Å². The molecule has 1 amide bonds. The van der Waals surface area contributed by atoms with Gasteiger partial charge in [-0.15, -0.1) is 0 Å². The number of methoxy groups -OCH3 is 1. The molecule has 0 saturated heterocycles. The molecule has 0 aliphatic carbocycles. The molecule has 0 unspecified atom stereocenters. The van der Waals surface area contributed by atoms with Crippen molar-refractivity contribution in [3.05, 3.63) is 66.5 Å². The molecule has 0 aliphatic rings. The van der Waals surface area contributed by atoms with E-state index in [4.69, 9.17) is 19.5 Å². The summed E-state index contributed by atoms with van der Waals surface area (Å²) in [6.45, 7) is 1.48. The Morgan fingerprint density at radius 1 is 1.13 bits per heavy atom. The van der Waals surface area contributed by atoms with Crippen LogP contribution in [0.3, 0.4) is 0 Å². The van der Waals surface area contributed by atoms with Crippen molar-refractivity contribution in [1.29, 1.82) is 5.26 Å². The summed E-state index contributed by atoms with van der Waals surface area (Å²) < 4.78 is 18.4. The Hall–Kier alpha value is -3.99. The van der Waals surface area contributed by atoms with E-state index in [1.54, 1.807) is 35.1 Å². The summed E-state index contributed by atoms with van der Waals surface area (Å²) in [5.41, 5.74) is 1.17. The number of carbonyl (C=O) groups excluding carboxylic acids is 1. The molecule has 8 heteroatoms. The van der Waals surface area contributed by atoms with Crippen molar-refractivity contribution >= 4 is 11.6 Å². The number of hydrogen-bond donors (Lipinski definition) is 1. The fraction of sp³-hybridized carbons (Fsp3) is 0.261. The van der Waals surface area contributed by atoms with Crippen LogP contribution in [0.2, 0.25) is 0 Å². The number of amides is 1. The lowest BCUT2D eigenvalue weighted by Gasteiger charge is -2.11. The number of ether oxygens (including phenoxy) is 3. The number of hydrogen-bond acceptors (Lipinski definition) is 6. The fourth-order valence-corrected chi connectivity index (χ4v) is 2.85. The number of nitriles is 1. The Bertz CT molecular complexity index is 1030. The van der Waals surface area contributed by atoms with Crippen molar-refractivity contribution in [2.24, 2.45) is 0 Å². The molecule has 0 atom stereocenters. The quantitative estimate of drug-likeness (QED) is 0.476. The third-order valence-corrected chi connectivity index (χ3v) is 4.36. The topological polar surface area (TPSA) is 98.4 Å². The summed E-state index contributed by atoms with van der Waals surface area (Å²) in [5.74, 6) is 1.61. The maximum Gasteiger partial charge on any atom is 0.224 e. The van der Waals surface area contributed by atoms with Gasteiger partial charge in [-0.2, -0.15) is 10.4 Å². The SMILES string of the molecule is COc1cc(C#N)ccc1OCCCC(=O)Nc1cccc(OCCn2cccn2)c1. The van der Waals surface area contributed by atoms with Gasteiger partial charge in [-0.3, -0.25) is 9.48 Å². The molecule has 160 valence electrons. The van der Waals surface area contributed by atoms with Crippen molar-refractivity contribution in [1.82, 2.24) is 9.78 Å². The largest absolute Gasteiger partial charge is 0.493 e. The molecule has 3 aromatic rings. The first-order valence-electron chi connectivity index (χ1n) is 9.89. The van der Waals surface area contributed by atoms with E-state index in [0.717, 1.165) is 0 Å². The molecule has 31 heavy (non-hydrogen) atoms. The van der Waals surface area contributed by atoms with Gasteiger partial charge >= 0.3 is 0 Å². The predicted molar refractivity (Wildman–Crippen MR) is 115 cm³/mol. The van der Waals surface area contributed by atoms with E-state index in [2.05, 4.69) is 16.5 Å². The van der Waals surface area contributed by atoms with Crippen LogP contribution in [0, 0.1) is 11.3 Å². The minimum atomic E-state index is -0.107. The molecule has 1 aromatic heterocycles. The zero-order valence-corrected chi connectivity index (χ0v) is 17.3. The zero-order chi connectivity index (χ0) is 21.9. The van der Waals surface area contributed by atoms with Crippen LogP contribution in [-0.4, -0.2) is 36.0 Å². The van der Waals surface area contributed by atoms with Crippen LogP contribution in [0.25, 0.3) is 0 Å². The summed E-state index contributed by atoms with van der Waals surface area (Å²) in [6, 6.07) is 16.2. The van der Waals surface area contributed by atoms with Crippen LogP contribution in [-0.2, 0) is 11.3 Å². The summed E-state index contributed by atoms with van der Waals surface area (Å²) >= 11 is 0. The molecule has 2 aromatic carbocycles. The molecule has 0 bridgehead atoms. The van der Waals surface area contributed by atoms with Crippen molar-refractivity contribution in [2.75, 3.05) is 25.6 Å². The van der Waals surface area contributed by atoms with Crippen molar-refractivity contribution in [3.8, 4) is 23.3 Å². The smallest absolute Gasteiger partial charge is 0.224 e. The van der Waals surface area contributed by atoms with Crippen LogP contribution in [0.1, 0.15) is 18.4 Å². The van der Waals surface area contributed by atoms with E-state index in [1.807, 2.05) is 30.5 Å². The van der Waals surface area contributed by atoms with E-state index < -0.39 is 0 Å². The highest BCUT2D eigenvalue weighted by Crippen LogP contribution is 2.28. The zero-order valence-electron chi connectivity index (χ0n) is 17.3. The van der Waals surface area contributed by atoms with Gasteiger partial charge in [-0.1, -0.05) is 6.07 Å². The number of aromatic nitrogens is 2. The van der Waals surface area contributed by atoms with Gasteiger partial charge in [0.25, 0.3) is 0 Å². The molecule has 0 spiro atoms. The first-order chi connectivity index (χ1) is 15.2. The fourth-order valence-electron chi connectivity index (χ4n) is 2.85. The van der Waals surface area contributed by atoms with E-state index in [0.29, 0.717) is 61.1 Å². The van der Waals surface area contributed by atoms with Crippen LogP contribution in [0.15, 0.2) is 60.9 Å². The lowest BCUT2D eigenvalue weighted by atomic mass is 10.2. The van der Waals surface area contributed by atoms with E-state index in [1.165, 1.54) is 7.11 Å². The third-order valence-electron chi connectivity index (χ3n) is 4.36. The third kappa shape index (κ3) is 6.78. The van der Waals surface area contributed by atoms with Gasteiger partial charge in [-0.05, 0) is 36.8 Å². The maximum absolute atomic E-state index is 12.2. The van der Waals surface area contributed by atoms with Gasteiger partial charge in [0, 0.05) is 36.6 Å². The highest BCUT2D eigenvalue weighted by molar-refractivity contribution is 5.90. The second-order valence-corrected chi connectivity index (χ2v) is 6.62. The van der Waals surface area contributed by atoms with Crippen LogP contribution in [0.4, 0.5) is 5.69 Å². The summed E-state index contributed by atoms with van der Waals surface area (Å²) in [4.78, 5) is 12.2.